The molecule has 2 amide bonds. The minimum absolute atomic E-state index is 0.105. The molecule has 0 aliphatic carbocycles. The summed E-state index contributed by atoms with van der Waals surface area (Å²) in [5.74, 6) is -1.20. The molecule has 2 N–H and O–H groups in total. The lowest BCUT2D eigenvalue weighted by Crippen LogP contribution is -2.49. The Kier molecular flexibility index (Phi) is 6.82. The quantitative estimate of drug-likeness (QED) is 0.829. The number of hydrogen-bond donors (Lipinski definition) is 2. The molecule has 2 rings (SSSR count). The van der Waals surface area contributed by atoms with Crippen LogP contribution in [0, 0.1) is 11.8 Å². The number of carbonyl (C=O) groups is 2. The van der Waals surface area contributed by atoms with Crippen LogP contribution >= 0.6 is 0 Å². The minimum atomic E-state index is -0.822. The van der Waals surface area contributed by atoms with Gasteiger partial charge in [0.1, 0.15) is 0 Å². The second-order valence-electron chi connectivity index (χ2n) is 6.97. The highest BCUT2D eigenvalue weighted by Gasteiger charge is 2.33. The van der Waals surface area contributed by atoms with Gasteiger partial charge in [-0.3, -0.25) is 4.79 Å². The number of aliphatic carboxylic acids is 1. The number of likely N-dealkylation sites (tertiary alicyclic amines) is 1. The summed E-state index contributed by atoms with van der Waals surface area (Å²) >= 11 is 0. The average Bonchev–Trinajstić information content (AvgIpc) is 2.60. The summed E-state index contributed by atoms with van der Waals surface area (Å²) in [6, 6.07) is 8.00. The molecule has 25 heavy (non-hydrogen) atoms. The van der Waals surface area contributed by atoms with Crippen LogP contribution in [0.2, 0.25) is 0 Å². The summed E-state index contributed by atoms with van der Waals surface area (Å²) < 4.78 is 0. The summed E-state index contributed by atoms with van der Waals surface area (Å²) in [6.07, 6.45) is 0.725. The monoisotopic (exact) mass is 347 g/mol. The largest absolute Gasteiger partial charge is 0.481 e. The molecule has 2 atom stereocenters. The van der Waals surface area contributed by atoms with Crippen LogP contribution in [-0.2, 0) is 17.9 Å². The van der Waals surface area contributed by atoms with Crippen molar-refractivity contribution in [2.24, 2.45) is 11.8 Å². The van der Waals surface area contributed by atoms with Gasteiger partial charge in [0.25, 0.3) is 0 Å². The molecule has 1 heterocycles. The normalized spacial score (nSPS) is 20.6. The van der Waals surface area contributed by atoms with E-state index in [2.05, 4.69) is 36.3 Å². The third-order valence-corrected chi connectivity index (χ3v) is 4.99. The van der Waals surface area contributed by atoms with E-state index in [0.717, 1.165) is 25.1 Å². The van der Waals surface area contributed by atoms with E-state index in [1.165, 1.54) is 5.56 Å². The Morgan fingerprint density at radius 3 is 2.76 bits per heavy atom. The number of benzene rings is 1. The highest BCUT2D eigenvalue weighted by Crippen LogP contribution is 2.23. The minimum Gasteiger partial charge on any atom is -0.481 e. The van der Waals surface area contributed by atoms with Crippen LogP contribution in [-0.4, -0.2) is 53.6 Å². The van der Waals surface area contributed by atoms with E-state index in [9.17, 15) is 14.7 Å². The summed E-state index contributed by atoms with van der Waals surface area (Å²) in [7, 11) is 2.07. The van der Waals surface area contributed by atoms with Crippen molar-refractivity contribution >= 4 is 12.0 Å². The first-order chi connectivity index (χ1) is 11.9. The molecule has 0 spiro atoms. The molecule has 1 aliphatic heterocycles. The number of amides is 2. The maximum Gasteiger partial charge on any atom is 0.317 e. The van der Waals surface area contributed by atoms with E-state index in [0.29, 0.717) is 13.1 Å². The van der Waals surface area contributed by atoms with Crippen molar-refractivity contribution in [2.45, 2.75) is 33.4 Å². The van der Waals surface area contributed by atoms with Gasteiger partial charge in [-0.15, -0.1) is 0 Å². The number of carboxylic acid groups (broad SMARTS) is 1. The fourth-order valence-electron chi connectivity index (χ4n) is 3.13. The molecule has 1 aromatic rings. The van der Waals surface area contributed by atoms with Crippen LogP contribution in [0.3, 0.4) is 0 Å². The molecule has 6 nitrogen and oxygen atoms in total. The lowest BCUT2D eigenvalue weighted by Gasteiger charge is -2.34. The van der Waals surface area contributed by atoms with Gasteiger partial charge in [-0.05, 0) is 37.1 Å². The molecule has 0 bridgehead atoms. The van der Waals surface area contributed by atoms with Crippen molar-refractivity contribution in [3.05, 3.63) is 35.4 Å². The topological polar surface area (TPSA) is 72.9 Å². The fraction of sp³-hybridized carbons (Fsp3) is 0.579. The highest BCUT2D eigenvalue weighted by atomic mass is 16.4. The summed E-state index contributed by atoms with van der Waals surface area (Å²) in [5, 5.41) is 12.2. The Morgan fingerprint density at radius 1 is 1.36 bits per heavy atom. The zero-order valence-corrected chi connectivity index (χ0v) is 15.4. The number of carbonyl (C=O) groups excluding carboxylic acids is 1. The third-order valence-electron chi connectivity index (χ3n) is 4.99. The molecule has 2 unspecified atom stereocenters. The van der Waals surface area contributed by atoms with Crippen molar-refractivity contribution < 1.29 is 14.7 Å². The van der Waals surface area contributed by atoms with Gasteiger partial charge >= 0.3 is 12.0 Å². The fourth-order valence-corrected chi connectivity index (χ4v) is 3.13. The van der Waals surface area contributed by atoms with Crippen LogP contribution in [0.4, 0.5) is 4.79 Å². The average molecular weight is 347 g/mol. The summed E-state index contributed by atoms with van der Waals surface area (Å²) in [4.78, 5) is 27.5. The Balaban J connectivity index is 1.89. The van der Waals surface area contributed by atoms with E-state index >= 15 is 0 Å². The lowest BCUT2D eigenvalue weighted by molar-refractivity contribution is -0.145. The number of carboxylic acids is 1. The molecule has 138 valence electrons. The Hall–Kier alpha value is -2.08. The van der Waals surface area contributed by atoms with Gasteiger partial charge in [0, 0.05) is 26.2 Å². The number of urea groups is 1. The smallest absolute Gasteiger partial charge is 0.317 e. The van der Waals surface area contributed by atoms with E-state index in [4.69, 9.17) is 0 Å². The number of nitrogens with one attached hydrogen (secondary N) is 1. The van der Waals surface area contributed by atoms with Crippen molar-refractivity contribution in [3.63, 3.8) is 0 Å². The number of hydrogen-bond acceptors (Lipinski definition) is 3. The molecule has 0 radical (unpaired) electrons. The van der Waals surface area contributed by atoms with Crippen LogP contribution < -0.4 is 5.32 Å². The first-order valence-corrected chi connectivity index (χ1v) is 8.92. The van der Waals surface area contributed by atoms with E-state index in [1.807, 2.05) is 19.1 Å². The van der Waals surface area contributed by atoms with E-state index in [1.54, 1.807) is 4.90 Å². The SMILES string of the molecule is CCN(C)Cc1cccc(CNC(=O)N2CCC(C)C(C(=O)O)C2)c1. The van der Waals surface area contributed by atoms with Gasteiger partial charge < -0.3 is 20.2 Å². The van der Waals surface area contributed by atoms with E-state index < -0.39 is 11.9 Å². The zero-order chi connectivity index (χ0) is 18.4. The van der Waals surface area contributed by atoms with Gasteiger partial charge in [-0.25, -0.2) is 4.79 Å². The Bertz CT molecular complexity index is 605. The second-order valence-corrected chi connectivity index (χ2v) is 6.97. The third kappa shape index (κ3) is 5.46. The highest BCUT2D eigenvalue weighted by molar-refractivity contribution is 5.76. The first kappa shape index (κ1) is 19.2. The molecule has 1 fully saturated rings. The molecule has 6 heteroatoms. The maximum atomic E-state index is 12.4. The standard InChI is InChI=1S/C19H29N3O3/c1-4-21(3)12-16-7-5-6-15(10-16)11-20-19(25)22-9-8-14(2)17(13-22)18(23)24/h5-7,10,14,17H,4,8-9,11-13H2,1-3H3,(H,20,25)(H,23,24). The van der Waals surface area contributed by atoms with Crippen LogP contribution in [0.25, 0.3) is 0 Å². The van der Waals surface area contributed by atoms with Crippen molar-refractivity contribution in [3.8, 4) is 0 Å². The number of piperidine rings is 1. The summed E-state index contributed by atoms with van der Waals surface area (Å²) in [5.41, 5.74) is 2.27. The van der Waals surface area contributed by atoms with Crippen LogP contribution in [0.1, 0.15) is 31.4 Å². The Morgan fingerprint density at radius 2 is 2.08 bits per heavy atom. The van der Waals surface area contributed by atoms with E-state index in [-0.39, 0.29) is 18.5 Å². The molecule has 0 saturated carbocycles. The lowest BCUT2D eigenvalue weighted by atomic mass is 9.87. The molecular weight excluding hydrogens is 318 g/mol. The van der Waals surface area contributed by atoms with Crippen molar-refractivity contribution in [2.75, 3.05) is 26.7 Å². The zero-order valence-electron chi connectivity index (χ0n) is 15.4. The number of nitrogens with zero attached hydrogens (tertiary/aromatic N) is 2. The van der Waals surface area contributed by atoms with Crippen molar-refractivity contribution in [1.29, 1.82) is 0 Å². The molecular formula is C19H29N3O3. The first-order valence-electron chi connectivity index (χ1n) is 8.92. The van der Waals surface area contributed by atoms with Gasteiger partial charge in [0.2, 0.25) is 0 Å². The second kappa shape index (κ2) is 8.85. The molecule has 0 aromatic heterocycles. The predicted molar refractivity (Wildman–Crippen MR) is 97.2 cm³/mol. The molecule has 1 aliphatic rings. The van der Waals surface area contributed by atoms with Gasteiger partial charge in [0.15, 0.2) is 0 Å². The summed E-state index contributed by atoms with van der Waals surface area (Å²) in [6.45, 7) is 7.26. The van der Waals surface area contributed by atoms with Gasteiger partial charge in [0.05, 0.1) is 5.92 Å². The van der Waals surface area contributed by atoms with Gasteiger partial charge in [-0.1, -0.05) is 38.1 Å². The Labute approximate surface area is 149 Å². The van der Waals surface area contributed by atoms with Gasteiger partial charge in [-0.2, -0.15) is 0 Å². The molecule has 1 saturated heterocycles. The predicted octanol–water partition coefficient (Wildman–Crippen LogP) is 2.39. The molecule has 1 aromatic carbocycles. The van der Waals surface area contributed by atoms with Crippen molar-refractivity contribution in [1.82, 2.24) is 15.1 Å². The maximum absolute atomic E-state index is 12.4. The number of rotatable bonds is 6. The van der Waals surface area contributed by atoms with Crippen LogP contribution in [0.5, 0.6) is 0 Å². The van der Waals surface area contributed by atoms with Crippen LogP contribution in [0.15, 0.2) is 24.3 Å².